The van der Waals surface area contributed by atoms with Crippen LogP contribution in [0.15, 0.2) is 47.0 Å². The van der Waals surface area contributed by atoms with Crippen LogP contribution in [0.4, 0.5) is 5.82 Å². The average Bonchev–Trinajstić information content (AvgIpc) is 3.20. The molecule has 4 rings (SSSR count). The number of nitrogens with two attached hydrogens (primary N) is 1. The lowest BCUT2D eigenvalue weighted by Crippen LogP contribution is -1.99. The summed E-state index contributed by atoms with van der Waals surface area (Å²) < 4.78 is 13.2. The van der Waals surface area contributed by atoms with Gasteiger partial charge in [-0.1, -0.05) is 0 Å². The first-order valence-electron chi connectivity index (χ1n) is 7.70. The van der Waals surface area contributed by atoms with Crippen molar-refractivity contribution in [1.82, 2.24) is 9.38 Å². The Hall–Kier alpha value is -2.99. The Morgan fingerprint density at radius 3 is 2.88 bits per heavy atom. The first-order valence-corrected chi connectivity index (χ1v) is 7.70. The Morgan fingerprint density at radius 2 is 2.12 bits per heavy atom. The first-order chi connectivity index (χ1) is 11.7. The Balaban J connectivity index is 1.91. The van der Waals surface area contributed by atoms with Crippen molar-refractivity contribution in [3.63, 3.8) is 0 Å². The topological polar surface area (TPSA) is 77.7 Å². The fraction of sp³-hybridized carbons (Fsp3) is 0.167. The van der Waals surface area contributed by atoms with E-state index in [0.29, 0.717) is 12.3 Å². The predicted octanol–water partition coefficient (Wildman–Crippen LogP) is 3.26. The van der Waals surface area contributed by atoms with Gasteiger partial charge in [0, 0.05) is 25.2 Å². The zero-order valence-electron chi connectivity index (χ0n) is 13.5. The number of rotatable bonds is 4. The minimum absolute atomic E-state index is 0.484. The van der Waals surface area contributed by atoms with Crippen LogP contribution in [0, 0.1) is 0 Å². The summed E-state index contributed by atoms with van der Waals surface area (Å²) in [6, 6.07) is 11.7. The van der Waals surface area contributed by atoms with Crippen LogP contribution in [0.5, 0.6) is 5.75 Å². The molecule has 3 N–H and O–H groups in total. The number of methoxy groups -OCH3 is 1. The van der Waals surface area contributed by atoms with E-state index >= 15 is 0 Å². The molecule has 6 nitrogen and oxygen atoms in total. The molecule has 0 radical (unpaired) electrons. The number of furan rings is 1. The third-order valence-corrected chi connectivity index (χ3v) is 4.12. The molecule has 24 heavy (non-hydrogen) atoms. The second kappa shape index (κ2) is 5.58. The van der Waals surface area contributed by atoms with E-state index in [1.165, 1.54) is 0 Å². The molecular formula is C18H18N4O2. The second-order valence-electron chi connectivity index (χ2n) is 5.54. The number of imidazole rings is 1. The van der Waals surface area contributed by atoms with Gasteiger partial charge in [-0.05, 0) is 42.0 Å². The molecule has 0 aliphatic heterocycles. The predicted molar refractivity (Wildman–Crippen MR) is 94.4 cm³/mol. The van der Waals surface area contributed by atoms with E-state index in [2.05, 4.69) is 5.32 Å². The Bertz CT molecular complexity index is 1030. The Morgan fingerprint density at radius 1 is 1.25 bits per heavy atom. The summed E-state index contributed by atoms with van der Waals surface area (Å²) in [6.07, 6.45) is 1.96. The van der Waals surface area contributed by atoms with Crippen LogP contribution in [0.25, 0.3) is 28.1 Å². The van der Waals surface area contributed by atoms with Crippen molar-refractivity contribution in [3.8, 4) is 17.2 Å². The van der Waals surface area contributed by atoms with E-state index in [-0.39, 0.29) is 0 Å². The van der Waals surface area contributed by atoms with E-state index < -0.39 is 0 Å². The third-order valence-electron chi connectivity index (χ3n) is 4.12. The molecule has 6 heteroatoms. The Kier molecular flexibility index (Phi) is 3.39. The number of nitrogens with one attached hydrogen (secondary N) is 1. The second-order valence-corrected chi connectivity index (χ2v) is 5.54. The van der Waals surface area contributed by atoms with Crippen LogP contribution < -0.4 is 15.8 Å². The molecule has 3 aromatic heterocycles. The standard InChI is InChI=1S/C18H18N4O2/c1-20-18-17(21-16-7-11(10-19)5-6-22(16)18)15-9-12-8-13(23-2)3-4-14(12)24-15/h3-9,20H,10,19H2,1-2H3. The van der Waals surface area contributed by atoms with Gasteiger partial charge >= 0.3 is 0 Å². The minimum Gasteiger partial charge on any atom is -0.497 e. The van der Waals surface area contributed by atoms with Gasteiger partial charge in [0.25, 0.3) is 0 Å². The van der Waals surface area contributed by atoms with Crippen molar-refractivity contribution in [2.75, 3.05) is 19.5 Å². The lowest BCUT2D eigenvalue weighted by molar-refractivity contribution is 0.415. The summed E-state index contributed by atoms with van der Waals surface area (Å²) in [5.74, 6) is 2.38. The molecule has 0 aliphatic rings. The third kappa shape index (κ3) is 2.19. The minimum atomic E-state index is 0.484. The molecule has 0 saturated heterocycles. The molecule has 0 amide bonds. The maximum absolute atomic E-state index is 5.99. The number of hydrogen-bond donors (Lipinski definition) is 2. The molecule has 0 unspecified atom stereocenters. The number of nitrogens with zero attached hydrogens (tertiary/aromatic N) is 2. The number of fused-ring (bicyclic) bond motifs is 2. The number of pyridine rings is 1. The monoisotopic (exact) mass is 322 g/mol. The number of aromatic nitrogens is 2. The highest BCUT2D eigenvalue weighted by Gasteiger charge is 2.17. The van der Waals surface area contributed by atoms with Gasteiger partial charge in [-0.2, -0.15) is 0 Å². The normalized spacial score (nSPS) is 11.3. The summed E-state index contributed by atoms with van der Waals surface area (Å²) in [7, 11) is 3.52. The fourth-order valence-corrected chi connectivity index (χ4v) is 2.89. The highest BCUT2D eigenvalue weighted by molar-refractivity contribution is 5.86. The van der Waals surface area contributed by atoms with Crippen LogP contribution >= 0.6 is 0 Å². The average molecular weight is 322 g/mol. The van der Waals surface area contributed by atoms with Gasteiger partial charge in [0.1, 0.15) is 28.5 Å². The molecule has 0 saturated carbocycles. The largest absolute Gasteiger partial charge is 0.497 e. The highest BCUT2D eigenvalue weighted by atomic mass is 16.5. The zero-order valence-corrected chi connectivity index (χ0v) is 13.5. The molecule has 0 fully saturated rings. The highest BCUT2D eigenvalue weighted by Crippen LogP contribution is 2.34. The molecule has 0 bridgehead atoms. The SMILES string of the molecule is CNc1c(-c2cc3cc(OC)ccc3o2)nc2cc(CN)ccn12. The molecular weight excluding hydrogens is 304 g/mol. The van der Waals surface area contributed by atoms with Crippen LogP contribution in [-0.4, -0.2) is 23.5 Å². The van der Waals surface area contributed by atoms with Gasteiger partial charge in [0.05, 0.1) is 7.11 Å². The lowest BCUT2D eigenvalue weighted by Gasteiger charge is -2.03. The van der Waals surface area contributed by atoms with Crippen molar-refractivity contribution in [3.05, 3.63) is 48.2 Å². The summed E-state index contributed by atoms with van der Waals surface area (Å²) >= 11 is 0. The quantitative estimate of drug-likeness (QED) is 0.603. The lowest BCUT2D eigenvalue weighted by atomic mass is 10.2. The van der Waals surface area contributed by atoms with E-state index in [1.807, 2.05) is 54.0 Å². The van der Waals surface area contributed by atoms with Crippen molar-refractivity contribution in [2.45, 2.75) is 6.54 Å². The fourth-order valence-electron chi connectivity index (χ4n) is 2.89. The van der Waals surface area contributed by atoms with Gasteiger partial charge < -0.3 is 20.2 Å². The van der Waals surface area contributed by atoms with Gasteiger partial charge in [0.15, 0.2) is 5.76 Å². The van der Waals surface area contributed by atoms with E-state index in [4.69, 9.17) is 19.9 Å². The molecule has 122 valence electrons. The Labute approximate surface area is 138 Å². The van der Waals surface area contributed by atoms with Crippen LogP contribution in [0.3, 0.4) is 0 Å². The smallest absolute Gasteiger partial charge is 0.157 e. The number of ether oxygens (including phenoxy) is 1. The molecule has 0 atom stereocenters. The molecule has 1 aromatic carbocycles. The van der Waals surface area contributed by atoms with Crippen molar-refractivity contribution >= 4 is 22.4 Å². The van der Waals surface area contributed by atoms with Crippen molar-refractivity contribution < 1.29 is 9.15 Å². The van der Waals surface area contributed by atoms with E-state index in [9.17, 15) is 0 Å². The summed E-state index contributed by atoms with van der Waals surface area (Å²) in [5.41, 5.74) is 9.16. The van der Waals surface area contributed by atoms with Gasteiger partial charge in [-0.15, -0.1) is 0 Å². The zero-order chi connectivity index (χ0) is 16.7. The number of benzene rings is 1. The molecule has 3 heterocycles. The van der Waals surface area contributed by atoms with E-state index in [0.717, 1.165) is 39.4 Å². The van der Waals surface area contributed by atoms with Crippen molar-refractivity contribution in [1.29, 1.82) is 0 Å². The number of anilines is 1. The van der Waals surface area contributed by atoms with Crippen LogP contribution in [0.1, 0.15) is 5.56 Å². The maximum Gasteiger partial charge on any atom is 0.157 e. The van der Waals surface area contributed by atoms with E-state index in [1.54, 1.807) is 7.11 Å². The van der Waals surface area contributed by atoms with Crippen LogP contribution in [0.2, 0.25) is 0 Å². The summed E-state index contributed by atoms with van der Waals surface area (Å²) in [4.78, 5) is 4.72. The summed E-state index contributed by atoms with van der Waals surface area (Å²) in [6.45, 7) is 0.484. The first kappa shape index (κ1) is 14.6. The van der Waals surface area contributed by atoms with Crippen molar-refractivity contribution in [2.24, 2.45) is 5.73 Å². The maximum atomic E-state index is 5.99. The molecule has 0 spiro atoms. The number of hydrogen-bond acceptors (Lipinski definition) is 5. The summed E-state index contributed by atoms with van der Waals surface area (Å²) in [5, 5.41) is 4.18. The van der Waals surface area contributed by atoms with Crippen LogP contribution in [-0.2, 0) is 6.54 Å². The van der Waals surface area contributed by atoms with Gasteiger partial charge in [-0.3, -0.25) is 4.40 Å². The van der Waals surface area contributed by atoms with Gasteiger partial charge in [-0.25, -0.2) is 4.98 Å². The molecule has 0 aliphatic carbocycles. The van der Waals surface area contributed by atoms with Gasteiger partial charge in [0.2, 0.25) is 0 Å². The molecule has 4 aromatic rings.